The van der Waals surface area contributed by atoms with Gasteiger partial charge in [-0.05, 0) is 42.9 Å². The Morgan fingerprint density at radius 3 is 2.70 bits per heavy atom. The molecule has 1 amide bonds. The number of nitrogens with zero attached hydrogens (tertiary/aromatic N) is 5. The molecule has 2 aliphatic heterocycles. The van der Waals surface area contributed by atoms with Crippen LogP contribution in [0.3, 0.4) is 0 Å². The number of fused-ring (bicyclic) bond motifs is 1. The van der Waals surface area contributed by atoms with Crippen LogP contribution in [0.1, 0.15) is 36.5 Å². The number of carbonyl (C=O) groups is 1. The first-order chi connectivity index (χ1) is 14.7. The van der Waals surface area contributed by atoms with Gasteiger partial charge in [0.25, 0.3) is 0 Å². The molecule has 1 saturated carbocycles. The van der Waals surface area contributed by atoms with E-state index in [1.165, 1.54) is 5.56 Å². The lowest BCUT2D eigenvalue weighted by atomic mass is 9.96. The third kappa shape index (κ3) is 4.04. The van der Waals surface area contributed by atoms with E-state index in [0.717, 1.165) is 75.5 Å². The summed E-state index contributed by atoms with van der Waals surface area (Å²) in [4.78, 5) is 27.6. The number of rotatable bonds is 5. The molecule has 7 nitrogen and oxygen atoms in total. The maximum absolute atomic E-state index is 12.6. The lowest BCUT2D eigenvalue weighted by molar-refractivity contribution is -0.119. The summed E-state index contributed by atoms with van der Waals surface area (Å²) in [6, 6.07) is 6.15. The predicted octanol–water partition coefficient (Wildman–Crippen LogP) is 2.02. The zero-order valence-electron chi connectivity index (χ0n) is 17.3. The van der Waals surface area contributed by atoms with Crippen LogP contribution in [0.15, 0.2) is 36.8 Å². The van der Waals surface area contributed by atoms with Gasteiger partial charge in [-0.25, -0.2) is 4.98 Å². The van der Waals surface area contributed by atoms with E-state index in [9.17, 15) is 9.90 Å². The number of β-amino-alcohol motifs (C(OH)–C–C–N with tert-alkyl or cyclic N) is 1. The predicted molar refractivity (Wildman–Crippen MR) is 115 cm³/mol. The highest BCUT2D eigenvalue weighted by molar-refractivity contribution is 5.97. The fraction of sp³-hybridized carbons (Fsp3) is 0.522. The molecule has 1 aromatic heterocycles. The van der Waals surface area contributed by atoms with E-state index in [-0.39, 0.29) is 11.8 Å². The van der Waals surface area contributed by atoms with Gasteiger partial charge in [0.15, 0.2) is 0 Å². The molecular formula is C23H29N5O2. The van der Waals surface area contributed by atoms with Crippen LogP contribution in [-0.4, -0.2) is 65.2 Å². The summed E-state index contributed by atoms with van der Waals surface area (Å²) < 4.78 is 0. The van der Waals surface area contributed by atoms with Gasteiger partial charge >= 0.3 is 0 Å². The van der Waals surface area contributed by atoms with E-state index >= 15 is 0 Å². The number of amides is 1. The summed E-state index contributed by atoms with van der Waals surface area (Å²) in [5.41, 5.74) is 3.19. The summed E-state index contributed by atoms with van der Waals surface area (Å²) in [5, 5.41) is 10.9. The second kappa shape index (κ2) is 8.32. The highest BCUT2D eigenvalue weighted by Gasteiger charge is 2.35. The third-order valence-corrected chi connectivity index (χ3v) is 6.48. The van der Waals surface area contributed by atoms with Crippen molar-refractivity contribution in [2.45, 2.75) is 31.8 Å². The van der Waals surface area contributed by atoms with Crippen LogP contribution < -0.4 is 9.80 Å². The van der Waals surface area contributed by atoms with Crippen molar-refractivity contribution in [1.82, 2.24) is 14.9 Å². The molecule has 1 saturated heterocycles. The van der Waals surface area contributed by atoms with Gasteiger partial charge in [0.2, 0.25) is 5.91 Å². The first kappa shape index (κ1) is 19.5. The van der Waals surface area contributed by atoms with Crippen molar-refractivity contribution in [3.63, 3.8) is 0 Å². The Bertz CT molecular complexity index is 894. The topological polar surface area (TPSA) is 72.8 Å². The summed E-state index contributed by atoms with van der Waals surface area (Å²) in [6.07, 6.45) is 8.73. The summed E-state index contributed by atoms with van der Waals surface area (Å²) in [6.45, 7) is 4.99. The lowest BCUT2D eigenvalue weighted by Crippen LogP contribution is -2.47. The number of benzene rings is 1. The number of aryl methyl sites for hydroxylation is 1. The Hall–Kier alpha value is -2.51. The maximum atomic E-state index is 12.6. The Morgan fingerprint density at radius 1 is 1.13 bits per heavy atom. The van der Waals surface area contributed by atoms with Crippen molar-refractivity contribution in [3.05, 3.63) is 47.9 Å². The average Bonchev–Trinajstić information content (AvgIpc) is 3.64. The van der Waals surface area contributed by atoms with Crippen molar-refractivity contribution in [3.8, 4) is 0 Å². The van der Waals surface area contributed by atoms with Gasteiger partial charge in [-0.3, -0.25) is 14.7 Å². The molecule has 1 aromatic carbocycles. The minimum absolute atomic E-state index is 0.238. The van der Waals surface area contributed by atoms with Crippen LogP contribution in [0.2, 0.25) is 0 Å². The number of hydrogen-bond acceptors (Lipinski definition) is 6. The molecule has 2 fully saturated rings. The van der Waals surface area contributed by atoms with Crippen LogP contribution >= 0.6 is 0 Å². The molecule has 0 bridgehead atoms. The molecule has 0 radical (unpaired) electrons. The molecule has 3 aliphatic rings. The van der Waals surface area contributed by atoms with E-state index in [0.29, 0.717) is 6.54 Å². The minimum Gasteiger partial charge on any atom is -0.387 e. The van der Waals surface area contributed by atoms with Gasteiger partial charge in [0.05, 0.1) is 12.3 Å². The highest BCUT2D eigenvalue weighted by Crippen LogP contribution is 2.36. The van der Waals surface area contributed by atoms with Crippen LogP contribution in [0.5, 0.6) is 0 Å². The van der Waals surface area contributed by atoms with Gasteiger partial charge < -0.3 is 14.9 Å². The monoisotopic (exact) mass is 407 g/mol. The number of hydrogen-bond donors (Lipinski definition) is 1. The number of carbonyl (C=O) groups excluding carboxylic acids is 1. The Balaban J connectivity index is 1.21. The SMILES string of the molecule is O=C(C1CC1)N1CCCc2cc([C@@H](O)CN3CCN(c4cnccn4)CC3)ccc21. The Kier molecular flexibility index (Phi) is 5.39. The molecule has 30 heavy (non-hydrogen) atoms. The third-order valence-electron chi connectivity index (χ3n) is 6.48. The molecule has 2 aromatic rings. The quantitative estimate of drug-likeness (QED) is 0.818. The number of anilines is 2. The molecule has 1 atom stereocenters. The molecule has 1 N–H and O–H groups in total. The molecular weight excluding hydrogens is 378 g/mol. The first-order valence-electron chi connectivity index (χ1n) is 11.0. The average molecular weight is 408 g/mol. The lowest BCUT2D eigenvalue weighted by Gasteiger charge is -2.36. The largest absolute Gasteiger partial charge is 0.387 e. The smallest absolute Gasteiger partial charge is 0.230 e. The Morgan fingerprint density at radius 2 is 1.97 bits per heavy atom. The fourth-order valence-electron chi connectivity index (χ4n) is 4.57. The van der Waals surface area contributed by atoms with Gasteiger partial charge in [-0.2, -0.15) is 0 Å². The van der Waals surface area contributed by atoms with Crippen molar-refractivity contribution >= 4 is 17.4 Å². The van der Waals surface area contributed by atoms with E-state index < -0.39 is 6.10 Å². The van der Waals surface area contributed by atoms with E-state index in [1.54, 1.807) is 18.6 Å². The van der Waals surface area contributed by atoms with Crippen LogP contribution in [0.25, 0.3) is 0 Å². The molecule has 0 spiro atoms. The Labute approximate surface area is 177 Å². The van der Waals surface area contributed by atoms with Crippen molar-refractivity contribution in [1.29, 1.82) is 0 Å². The summed E-state index contributed by atoms with van der Waals surface area (Å²) in [7, 11) is 0. The number of aliphatic hydroxyl groups excluding tert-OH is 1. The standard InChI is InChI=1S/C23H29N5O2/c29-21(16-26-10-12-27(13-11-26)22-15-24-7-8-25-22)19-5-6-20-18(14-19)2-1-9-28(20)23(30)17-3-4-17/h5-8,14-15,17,21,29H,1-4,9-13,16H2/t21-/m0/s1. The van der Waals surface area contributed by atoms with Crippen molar-refractivity contribution in [2.24, 2.45) is 5.92 Å². The van der Waals surface area contributed by atoms with Crippen LogP contribution in [-0.2, 0) is 11.2 Å². The molecule has 7 heteroatoms. The van der Waals surface area contributed by atoms with Gasteiger partial charge in [-0.1, -0.05) is 12.1 Å². The number of aromatic nitrogens is 2. The second-order valence-electron chi connectivity index (χ2n) is 8.62. The van der Waals surface area contributed by atoms with Crippen molar-refractivity contribution < 1.29 is 9.90 Å². The van der Waals surface area contributed by atoms with Crippen LogP contribution in [0.4, 0.5) is 11.5 Å². The van der Waals surface area contributed by atoms with E-state index in [2.05, 4.69) is 25.8 Å². The molecule has 3 heterocycles. The van der Waals surface area contributed by atoms with Crippen molar-refractivity contribution in [2.75, 3.05) is 49.1 Å². The van der Waals surface area contributed by atoms with Gasteiger partial charge in [0.1, 0.15) is 5.82 Å². The zero-order valence-corrected chi connectivity index (χ0v) is 17.3. The summed E-state index contributed by atoms with van der Waals surface area (Å²) in [5.74, 6) is 1.43. The molecule has 0 unspecified atom stereocenters. The first-order valence-corrected chi connectivity index (χ1v) is 11.0. The van der Waals surface area contributed by atoms with E-state index in [1.807, 2.05) is 17.0 Å². The fourth-order valence-corrected chi connectivity index (χ4v) is 4.57. The normalized spacial score (nSPS) is 20.7. The highest BCUT2D eigenvalue weighted by atomic mass is 16.3. The number of aliphatic hydroxyl groups is 1. The second-order valence-corrected chi connectivity index (χ2v) is 8.62. The van der Waals surface area contributed by atoms with Crippen LogP contribution in [0, 0.1) is 5.92 Å². The van der Waals surface area contributed by atoms with E-state index in [4.69, 9.17) is 0 Å². The maximum Gasteiger partial charge on any atom is 0.230 e. The zero-order chi connectivity index (χ0) is 20.5. The molecule has 5 rings (SSSR count). The molecule has 1 aliphatic carbocycles. The molecule has 158 valence electrons. The van der Waals surface area contributed by atoms with Gasteiger partial charge in [-0.15, -0.1) is 0 Å². The minimum atomic E-state index is -0.520. The number of piperazine rings is 1. The summed E-state index contributed by atoms with van der Waals surface area (Å²) >= 11 is 0. The van der Waals surface area contributed by atoms with Gasteiger partial charge in [0, 0.05) is 63.3 Å².